The van der Waals surface area contributed by atoms with Crippen LogP contribution in [0.3, 0.4) is 0 Å². The fourth-order valence-corrected chi connectivity index (χ4v) is 4.88. The Hall–Kier alpha value is -3.67. The number of nitrogen functional groups attached to an aromatic ring is 1. The summed E-state index contributed by atoms with van der Waals surface area (Å²) in [6, 6.07) is 14.8. The molecule has 4 heterocycles. The number of nitrogens with two attached hydrogens (primary N) is 1. The summed E-state index contributed by atoms with van der Waals surface area (Å²) in [6.45, 7) is 2.18. The van der Waals surface area contributed by atoms with Crippen molar-refractivity contribution in [3.05, 3.63) is 77.9 Å². The molecule has 1 aromatic carbocycles. The SMILES string of the molecule is CC1=CNC(CCc2nc3c(-c4ccc(-c5ccccc5)nc4)cnn3c(N)c2C2CC2)C1. The van der Waals surface area contributed by atoms with E-state index in [1.54, 1.807) is 0 Å². The molecule has 0 radical (unpaired) electrons. The predicted octanol–water partition coefficient (Wildman–Crippen LogP) is 5.12. The second kappa shape index (κ2) is 8.03. The lowest BCUT2D eigenvalue weighted by Crippen LogP contribution is -2.20. The molecule has 1 atom stereocenters. The van der Waals surface area contributed by atoms with Crippen molar-refractivity contribution < 1.29 is 0 Å². The minimum atomic E-state index is 0.482. The summed E-state index contributed by atoms with van der Waals surface area (Å²) in [5, 5.41) is 8.11. The largest absolute Gasteiger partial charge is 0.388 e. The molecule has 1 fully saturated rings. The average molecular weight is 437 g/mol. The van der Waals surface area contributed by atoms with E-state index < -0.39 is 0 Å². The number of pyridine rings is 1. The predicted molar refractivity (Wildman–Crippen MR) is 132 cm³/mol. The van der Waals surface area contributed by atoms with Crippen LogP contribution in [0.5, 0.6) is 0 Å². The summed E-state index contributed by atoms with van der Waals surface area (Å²) >= 11 is 0. The van der Waals surface area contributed by atoms with Gasteiger partial charge in [-0.1, -0.05) is 42.0 Å². The maximum Gasteiger partial charge on any atom is 0.165 e. The smallest absolute Gasteiger partial charge is 0.165 e. The van der Waals surface area contributed by atoms with Crippen molar-refractivity contribution >= 4 is 11.5 Å². The molecule has 166 valence electrons. The number of aromatic nitrogens is 4. The van der Waals surface area contributed by atoms with Gasteiger partial charge in [-0.25, -0.2) is 4.98 Å². The summed E-state index contributed by atoms with van der Waals surface area (Å²) in [5.74, 6) is 1.26. The van der Waals surface area contributed by atoms with Crippen molar-refractivity contribution in [1.29, 1.82) is 0 Å². The molecule has 2 aliphatic rings. The zero-order valence-corrected chi connectivity index (χ0v) is 18.8. The van der Waals surface area contributed by atoms with Gasteiger partial charge in [0.25, 0.3) is 0 Å². The number of fused-ring (bicyclic) bond motifs is 1. The minimum Gasteiger partial charge on any atom is -0.388 e. The Morgan fingerprint density at radius 1 is 1.06 bits per heavy atom. The molecule has 1 saturated carbocycles. The lowest BCUT2D eigenvalue weighted by atomic mass is 10.0. The summed E-state index contributed by atoms with van der Waals surface area (Å²) in [7, 11) is 0. The molecule has 1 aliphatic heterocycles. The molecule has 1 aliphatic carbocycles. The summed E-state index contributed by atoms with van der Waals surface area (Å²) < 4.78 is 1.82. The first-order valence-electron chi connectivity index (χ1n) is 11.8. The van der Waals surface area contributed by atoms with Crippen LogP contribution >= 0.6 is 0 Å². The van der Waals surface area contributed by atoms with E-state index in [1.807, 2.05) is 35.1 Å². The quantitative estimate of drug-likeness (QED) is 0.439. The lowest BCUT2D eigenvalue weighted by Gasteiger charge is -2.16. The average Bonchev–Trinajstić information content (AvgIpc) is 3.45. The van der Waals surface area contributed by atoms with Gasteiger partial charge in [0.15, 0.2) is 5.65 Å². The molecule has 1 unspecified atom stereocenters. The Morgan fingerprint density at radius 2 is 1.91 bits per heavy atom. The van der Waals surface area contributed by atoms with Gasteiger partial charge in [0.2, 0.25) is 0 Å². The molecule has 0 spiro atoms. The minimum absolute atomic E-state index is 0.482. The van der Waals surface area contributed by atoms with E-state index in [1.165, 1.54) is 24.0 Å². The van der Waals surface area contributed by atoms with E-state index >= 15 is 0 Å². The van der Waals surface area contributed by atoms with Crippen molar-refractivity contribution in [2.45, 2.75) is 51.0 Å². The number of nitrogens with zero attached hydrogens (tertiary/aromatic N) is 4. The van der Waals surface area contributed by atoms with Crippen LogP contribution in [0.15, 0.2) is 66.6 Å². The molecule has 3 aromatic heterocycles. The van der Waals surface area contributed by atoms with E-state index in [0.717, 1.165) is 58.8 Å². The Balaban J connectivity index is 1.35. The topological polar surface area (TPSA) is 81.1 Å². The van der Waals surface area contributed by atoms with Crippen LogP contribution in [-0.2, 0) is 6.42 Å². The number of nitrogens with one attached hydrogen (secondary N) is 1. The second-order valence-corrected chi connectivity index (χ2v) is 9.32. The molecular weight excluding hydrogens is 408 g/mol. The molecule has 6 nitrogen and oxygen atoms in total. The van der Waals surface area contributed by atoms with Gasteiger partial charge in [0.05, 0.1) is 17.6 Å². The molecule has 0 saturated heterocycles. The number of anilines is 1. The fraction of sp³-hybridized carbons (Fsp3) is 0.296. The van der Waals surface area contributed by atoms with E-state index in [-0.39, 0.29) is 0 Å². The number of hydrogen-bond donors (Lipinski definition) is 2. The van der Waals surface area contributed by atoms with Crippen LogP contribution in [-0.4, -0.2) is 25.6 Å². The van der Waals surface area contributed by atoms with Crippen LogP contribution in [0.4, 0.5) is 5.82 Å². The molecule has 6 heteroatoms. The highest BCUT2D eigenvalue weighted by Gasteiger charge is 2.31. The first-order chi connectivity index (χ1) is 16.2. The van der Waals surface area contributed by atoms with Gasteiger partial charge in [0, 0.05) is 34.5 Å². The second-order valence-electron chi connectivity index (χ2n) is 9.32. The normalized spacial score (nSPS) is 17.8. The van der Waals surface area contributed by atoms with E-state index in [9.17, 15) is 0 Å². The van der Waals surface area contributed by atoms with Crippen LogP contribution in [0.1, 0.15) is 49.8 Å². The first kappa shape index (κ1) is 20.0. The molecule has 3 N–H and O–H groups in total. The van der Waals surface area contributed by atoms with Crippen LogP contribution in [0.2, 0.25) is 0 Å². The standard InChI is InChI=1S/C27H28N6/c1-17-13-21(29-14-17)10-12-24-25(19-7-8-19)26(28)33-27(32-24)22(16-31-33)20-9-11-23(30-15-20)18-5-3-2-4-6-18/h2-6,9,11,14-16,19,21,29H,7-8,10,12-13,28H2,1H3. The highest BCUT2D eigenvalue weighted by molar-refractivity contribution is 5.79. The van der Waals surface area contributed by atoms with Gasteiger partial charge in [-0.3, -0.25) is 4.98 Å². The zero-order chi connectivity index (χ0) is 22.4. The molecular formula is C27H28N6. The zero-order valence-electron chi connectivity index (χ0n) is 18.8. The monoisotopic (exact) mass is 436 g/mol. The van der Waals surface area contributed by atoms with Gasteiger partial charge in [-0.05, 0) is 57.2 Å². The van der Waals surface area contributed by atoms with Crippen LogP contribution in [0.25, 0.3) is 28.0 Å². The molecule has 0 amide bonds. The Bertz CT molecular complexity index is 1330. The Labute approximate surface area is 193 Å². The summed E-state index contributed by atoms with van der Waals surface area (Å²) in [6.07, 6.45) is 11.4. The van der Waals surface area contributed by atoms with E-state index in [0.29, 0.717) is 12.0 Å². The first-order valence-corrected chi connectivity index (χ1v) is 11.8. The Morgan fingerprint density at radius 3 is 2.61 bits per heavy atom. The van der Waals surface area contributed by atoms with Crippen LogP contribution in [0, 0.1) is 0 Å². The highest BCUT2D eigenvalue weighted by Crippen LogP contribution is 2.45. The third-order valence-corrected chi connectivity index (χ3v) is 6.79. The van der Waals surface area contributed by atoms with Crippen molar-refractivity contribution in [2.24, 2.45) is 0 Å². The molecule has 0 bridgehead atoms. The maximum atomic E-state index is 6.68. The van der Waals surface area contributed by atoms with Crippen LogP contribution < -0.4 is 11.1 Å². The van der Waals surface area contributed by atoms with E-state index in [2.05, 4.69) is 47.8 Å². The molecule has 4 aromatic rings. The number of rotatable bonds is 6. The van der Waals surface area contributed by atoms with E-state index in [4.69, 9.17) is 15.7 Å². The number of aryl methyl sites for hydroxylation is 1. The molecule has 6 rings (SSSR count). The van der Waals surface area contributed by atoms with Gasteiger partial charge in [0.1, 0.15) is 5.82 Å². The van der Waals surface area contributed by atoms with Crippen molar-refractivity contribution in [3.8, 4) is 22.4 Å². The maximum absolute atomic E-state index is 6.68. The lowest BCUT2D eigenvalue weighted by molar-refractivity contribution is 0.565. The van der Waals surface area contributed by atoms with Gasteiger partial charge in [-0.15, -0.1) is 0 Å². The van der Waals surface area contributed by atoms with Gasteiger partial charge < -0.3 is 11.1 Å². The van der Waals surface area contributed by atoms with Crippen molar-refractivity contribution in [3.63, 3.8) is 0 Å². The van der Waals surface area contributed by atoms with Crippen molar-refractivity contribution in [2.75, 3.05) is 5.73 Å². The third-order valence-electron chi connectivity index (χ3n) is 6.79. The highest BCUT2D eigenvalue weighted by atomic mass is 15.3. The molecule has 33 heavy (non-hydrogen) atoms. The van der Waals surface area contributed by atoms with Crippen molar-refractivity contribution in [1.82, 2.24) is 24.9 Å². The summed E-state index contributed by atoms with van der Waals surface area (Å²) in [4.78, 5) is 9.84. The fourth-order valence-electron chi connectivity index (χ4n) is 4.88. The Kier molecular flexibility index (Phi) is 4.86. The van der Waals surface area contributed by atoms with Gasteiger partial charge >= 0.3 is 0 Å². The third kappa shape index (κ3) is 3.75. The van der Waals surface area contributed by atoms with Gasteiger partial charge in [-0.2, -0.15) is 9.61 Å². The number of hydrogen-bond acceptors (Lipinski definition) is 5. The number of benzene rings is 1. The summed E-state index contributed by atoms with van der Waals surface area (Å²) in [5.41, 5.74) is 15.3.